The molecule has 0 spiro atoms. The second-order valence-corrected chi connectivity index (χ2v) is 8.63. The third kappa shape index (κ3) is 4.96. The van der Waals surface area contributed by atoms with Gasteiger partial charge in [-0.05, 0) is 12.1 Å². The summed E-state index contributed by atoms with van der Waals surface area (Å²) in [5.74, 6) is -92.2. The number of phenolic OH excluding ortho intramolecular Hbond substituents is 2. The number of benzene rings is 1. The summed E-state index contributed by atoms with van der Waals surface area (Å²) in [6.07, 6.45) is -16.1. The standard InChI is InChI=1S/C18H4F26O2/c19-7(20,9(23,24)11(27,28)13(31,32)15(35,36)17(39,40)41)3-1-5(45)6(46)2-4(3)8(21,22)10(25,26)12(29,30)14(33,34)16(37,38)18(42,43)44/h1-2,45-46H. The first-order valence-corrected chi connectivity index (χ1v) is 10.0. The fourth-order valence-corrected chi connectivity index (χ4v) is 2.97. The quantitative estimate of drug-likeness (QED) is 0.185. The van der Waals surface area contributed by atoms with Crippen LogP contribution in [0.25, 0.3) is 0 Å². The van der Waals surface area contributed by atoms with Crippen LogP contribution in [0.2, 0.25) is 0 Å². The van der Waals surface area contributed by atoms with E-state index in [1.807, 2.05) is 0 Å². The van der Waals surface area contributed by atoms with Crippen molar-refractivity contribution >= 4 is 0 Å². The second-order valence-electron chi connectivity index (χ2n) is 8.63. The second kappa shape index (κ2) is 10.2. The van der Waals surface area contributed by atoms with Gasteiger partial charge in [-0.3, -0.25) is 0 Å². The summed E-state index contributed by atoms with van der Waals surface area (Å²) in [4.78, 5) is 0. The zero-order valence-electron chi connectivity index (χ0n) is 19.9. The molecule has 0 aliphatic heterocycles. The molecule has 0 unspecified atom stereocenters. The lowest BCUT2D eigenvalue weighted by Gasteiger charge is -2.42. The third-order valence-electron chi connectivity index (χ3n) is 5.66. The average Bonchev–Trinajstić information content (AvgIpc) is 2.82. The molecule has 0 bridgehead atoms. The lowest BCUT2D eigenvalue weighted by molar-refractivity contribution is -0.444. The number of alkyl halides is 26. The highest BCUT2D eigenvalue weighted by Gasteiger charge is 2.93. The fraction of sp³-hybridized carbons (Fsp3) is 0.667. The summed E-state index contributed by atoms with van der Waals surface area (Å²) in [5, 5.41) is 18.1. The minimum Gasteiger partial charge on any atom is -0.504 e. The highest BCUT2D eigenvalue weighted by Crippen LogP contribution is 2.66. The van der Waals surface area contributed by atoms with Crippen LogP contribution in [0.3, 0.4) is 0 Å². The molecule has 0 aromatic heterocycles. The Morgan fingerprint density at radius 3 is 0.630 bits per heavy atom. The van der Waals surface area contributed by atoms with Crippen LogP contribution in [0.4, 0.5) is 114 Å². The van der Waals surface area contributed by atoms with E-state index >= 15 is 0 Å². The van der Waals surface area contributed by atoms with Crippen LogP contribution in [-0.2, 0) is 11.8 Å². The average molecular weight is 746 g/mol. The van der Waals surface area contributed by atoms with E-state index in [0.29, 0.717) is 0 Å². The number of hydrogen-bond donors (Lipinski definition) is 2. The molecule has 2 N–H and O–H groups in total. The van der Waals surface area contributed by atoms with Crippen molar-refractivity contribution < 1.29 is 124 Å². The highest BCUT2D eigenvalue weighted by atomic mass is 19.4. The Morgan fingerprint density at radius 1 is 0.283 bits per heavy atom. The van der Waals surface area contributed by atoms with Gasteiger partial charge in [-0.1, -0.05) is 0 Å². The third-order valence-corrected chi connectivity index (χ3v) is 5.66. The first-order valence-electron chi connectivity index (χ1n) is 10.0. The molecule has 0 atom stereocenters. The molecule has 1 aromatic rings. The van der Waals surface area contributed by atoms with Crippen molar-refractivity contribution in [2.24, 2.45) is 0 Å². The lowest BCUT2D eigenvalue weighted by atomic mass is 9.83. The number of halogens is 26. The summed E-state index contributed by atoms with van der Waals surface area (Å²) in [6.45, 7) is 0. The summed E-state index contributed by atoms with van der Waals surface area (Å²) in [5.41, 5.74) is -9.05. The van der Waals surface area contributed by atoms with Crippen LogP contribution in [-0.4, -0.2) is 69.9 Å². The predicted molar refractivity (Wildman–Crippen MR) is 89.2 cm³/mol. The molecule has 1 aromatic carbocycles. The van der Waals surface area contributed by atoms with E-state index < -0.39 is 106 Å². The molecule has 0 radical (unpaired) electrons. The van der Waals surface area contributed by atoms with Crippen molar-refractivity contribution in [3.8, 4) is 11.5 Å². The number of phenols is 2. The Bertz CT molecular complexity index is 1200. The summed E-state index contributed by atoms with van der Waals surface area (Å²) in [6, 6.07) is -3.81. The minimum atomic E-state index is -8.95. The van der Waals surface area contributed by atoms with Gasteiger partial charge in [0.2, 0.25) is 0 Å². The molecule has 28 heteroatoms. The van der Waals surface area contributed by atoms with Gasteiger partial charge in [0.1, 0.15) is 0 Å². The molecule has 0 aliphatic carbocycles. The van der Waals surface area contributed by atoms with Crippen LogP contribution in [0, 0.1) is 0 Å². The van der Waals surface area contributed by atoms with Crippen molar-refractivity contribution in [2.45, 2.75) is 71.6 Å². The van der Waals surface area contributed by atoms with Gasteiger partial charge in [0, 0.05) is 11.1 Å². The van der Waals surface area contributed by atoms with Gasteiger partial charge in [0.05, 0.1) is 0 Å². The first-order chi connectivity index (χ1) is 19.5. The largest absolute Gasteiger partial charge is 0.504 e. The smallest absolute Gasteiger partial charge is 0.460 e. The van der Waals surface area contributed by atoms with Crippen LogP contribution in [0.1, 0.15) is 11.1 Å². The van der Waals surface area contributed by atoms with Gasteiger partial charge in [-0.2, -0.15) is 114 Å². The Kier molecular flexibility index (Phi) is 9.14. The number of rotatable bonds is 10. The van der Waals surface area contributed by atoms with Gasteiger partial charge in [-0.25, -0.2) is 0 Å². The SMILES string of the molecule is Oc1cc(C(F)(F)C(F)(F)C(F)(F)C(F)(F)C(F)(F)C(F)(F)F)c(C(F)(F)C(F)(F)C(F)(F)C(F)(F)C(F)(F)C(F)(F)F)cc1O. The Labute approximate surface area is 232 Å². The zero-order chi connectivity index (χ0) is 37.7. The Morgan fingerprint density at radius 2 is 0.457 bits per heavy atom. The van der Waals surface area contributed by atoms with E-state index in [1.165, 1.54) is 0 Å². The predicted octanol–water partition coefficient (Wildman–Crippen LogP) is 9.49. The highest BCUT2D eigenvalue weighted by molar-refractivity contribution is 5.50. The van der Waals surface area contributed by atoms with Crippen molar-refractivity contribution in [3.05, 3.63) is 23.3 Å². The van der Waals surface area contributed by atoms with E-state index in [0.717, 1.165) is 0 Å². The van der Waals surface area contributed by atoms with Gasteiger partial charge < -0.3 is 10.2 Å². The van der Waals surface area contributed by atoms with E-state index in [1.54, 1.807) is 0 Å². The maximum absolute atomic E-state index is 14.5. The fourth-order valence-electron chi connectivity index (χ4n) is 2.97. The summed E-state index contributed by atoms with van der Waals surface area (Å²) < 4.78 is 349. The molecule has 1 rings (SSSR count). The topological polar surface area (TPSA) is 40.5 Å². The minimum absolute atomic E-state index is 1.90. The Balaban J connectivity index is 4.24. The zero-order valence-corrected chi connectivity index (χ0v) is 19.9. The molecule has 0 saturated carbocycles. The lowest BCUT2D eigenvalue weighted by Crippen LogP contribution is -2.70. The van der Waals surface area contributed by atoms with Crippen molar-refractivity contribution in [3.63, 3.8) is 0 Å². The maximum atomic E-state index is 14.5. The van der Waals surface area contributed by atoms with Gasteiger partial charge in [0.15, 0.2) is 11.5 Å². The van der Waals surface area contributed by atoms with Gasteiger partial charge in [0.25, 0.3) is 0 Å². The van der Waals surface area contributed by atoms with Gasteiger partial charge in [-0.15, -0.1) is 0 Å². The summed E-state index contributed by atoms with van der Waals surface area (Å²) >= 11 is 0. The molecule has 46 heavy (non-hydrogen) atoms. The molecular formula is C18H4F26O2. The monoisotopic (exact) mass is 746 g/mol. The first kappa shape index (κ1) is 41.0. The molecule has 0 saturated heterocycles. The molecule has 0 amide bonds. The van der Waals surface area contributed by atoms with Crippen molar-refractivity contribution in [1.29, 1.82) is 0 Å². The van der Waals surface area contributed by atoms with Crippen LogP contribution in [0.5, 0.6) is 11.5 Å². The van der Waals surface area contributed by atoms with E-state index in [4.69, 9.17) is 10.2 Å². The molecule has 0 aliphatic rings. The normalized spacial score (nSPS) is 16.2. The van der Waals surface area contributed by atoms with Crippen LogP contribution < -0.4 is 0 Å². The molecule has 2 nitrogen and oxygen atoms in total. The molecular weight excluding hydrogens is 742 g/mol. The van der Waals surface area contributed by atoms with E-state index in [2.05, 4.69) is 0 Å². The van der Waals surface area contributed by atoms with E-state index in [-0.39, 0.29) is 0 Å². The number of hydrogen-bond acceptors (Lipinski definition) is 2. The van der Waals surface area contributed by atoms with Crippen molar-refractivity contribution in [1.82, 2.24) is 0 Å². The van der Waals surface area contributed by atoms with Crippen molar-refractivity contribution in [2.75, 3.05) is 0 Å². The molecule has 0 fully saturated rings. The number of aromatic hydroxyl groups is 2. The maximum Gasteiger partial charge on any atom is 0.460 e. The van der Waals surface area contributed by atoms with Crippen LogP contribution >= 0.6 is 0 Å². The summed E-state index contributed by atoms with van der Waals surface area (Å²) in [7, 11) is 0. The molecule has 0 heterocycles. The van der Waals surface area contributed by atoms with Crippen LogP contribution in [0.15, 0.2) is 12.1 Å². The van der Waals surface area contributed by atoms with Gasteiger partial charge >= 0.3 is 71.6 Å². The molecule has 270 valence electrons. The van der Waals surface area contributed by atoms with E-state index in [9.17, 15) is 114 Å². The Hall–Kier alpha value is -3.00.